The van der Waals surface area contributed by atoms with Crippen LogP contribution in [0.4, 0.5) is 0 Å². The number of rotatable bonds is 8. The lowest BCUT2D eigenvalue weighted by Crippen LogP contribution is -2.33. The SMILES string of the molecule is COc1ccc(C(=O)NCCNC(=O)/C=C/c2cc(Cl)ccc2OC)cc1. The van der Waals surface area contributed by atoms with Gasteiger partial charge < -0.3 is 20.1 Å². The minimum absolute atomic E-state index is 0.217. The summed E-state index contributed by atoms with van der Waals surface area (Å²) < 4.78 is 10.3. The Bertz CT molecular complexity index is 819. The molecule has 0 saturated heterocycles. The van der Waals surface area contributed by atoms with Crippen LogP contribution in [0.5, 0.6) is 11.5 Å². The Hall–Kier alpha value is -2.99. The van der Waals surface area contributed by atoms with Crippen molar-refractivity contribution in [2.24, 2.45) is 0 Å². The number of amides is 2. The van der Waals surface area contributed by atoms with Crippen molar-refractivity contribution in [2.75, 3.05) is 27.3 Å². The molecule has 2 N–H and O–H groups in total. The third-order valence-electron chi connectivity index (χ3n) is 3.67. The highest BCUT2D eigenvalue weighted by Crippen LogP contribution is 2.23. The number of hydrogen-bond donors (Lipinski definition) is 2. The van der Waals surface area contributed by atoms with Gasteiger partial charge in [0.25, 0.3) is 5.91 Å². The van der Waals surface area contributed by atoms with Gasteiger partial charge in [0.05, 0.1) is 14.2 Å². The van der Waals surface area contributed by atoms with Gasteiger partial charge in [0.15, 0.2) is 0 Å². The van der Waals surface area contributed by atoms with E-state index in [9.17, 15) is 9.59 Å². The number of carbonyl (C=O) groups is 2. The summed E-state index contributed by atoms with van der Waals surface area (Å²) in [4.78, 5) is 23.9. The van der Waals surface area contributed by atoms with Crippen LogP contribution in [0.1, 0.15) is 15.9 Å². The van der Waals surface area contributed by atoms with Crippen molar-refractivity contribution in [3.8, 4) is 11.5 Å². The maximum Gasteiger partial charge on any atom is 0.251 e. The van der Waals surface area contributed by atoms with Crippen molar-refractivity contribution in [3.63, 3.8) is 0 Å². The van der Waals surface area contributed by atoms with Crippen LogP contribution in [0.25, 0.3) is 6.08 Å². The molecule has 2 aromatic carbocycles. The van der Waals surface area contributed by atoms with Crippen molar-refractivity contribution in [1.29, 1.82) is 0 Å². The summed E-state index contributed by atoms with van der Waals surface area (Å²) in [5.41, 5.74) is 1.23. The van der Waals surface area contributed by atoms with E-state index in [1.165, 1.54) is 6.08 Å². The van der Waals surface area contributed by atoms with Crippen molar-refractivity contribution < 1.29 is 19.1 Å². The first kappa shape index (κ1) is 20.3. The van der Waals surface area contributed by atoms with Crippen molar-refractivity contribution in [1.82, 2.24) is 10.6 Å². The Morgan fingerprint density at radius 3 is 2.37 bits per heavy atom. The maximum absolute atomic E-state index is 12.0. The molecular formula is C20H21ClN2O4. The topological polar surface area (TPSA) is 76.7 Å². The number of benzene rings is 2. The summed E-state index contributed by atoms with van der Waals surface area (Å²) in [7, 11) is 3.11. The van der Waals surface area contributed by atoms with Gasteiger partial charge in [-0.15, -0.1) is 0 Å². The number of nitrogens with one attached hydrogen (secondary N) is 2. The molecule has 6 nitrogen and oxygen atoms in total. The van der Waals surface area contributed by atoms with Gasteiger partial charge in [0, 0.05) is 35.3 Å². The lowest BCUT2D eigenvalue weighted by atomic mass is 10.2. The van der Waals surface area contributed by atoms with Gasteiger partial charge in [-0.1, -0.05) is 11.6 Å². The summed E-state index contributed by atoms with van der Waals surface area (Å²) in [6, 6.07) is 11.9. The minimum atomic E-state index is -0.282. The molecule has 7 heteroatoms. The van der Waals surface area contributed by atoms with Crippen LogP contribution < -0.4 is 20.1 Å². The predicted octanol–water partition coefficient (Wildman–Crippen LogP) is 2.92. The molecule has 142 valence electrons. The zero-order valence-electron chi connectivity index (χ0n) is 15.1. The third-order valence-corrected chi connectivity index (χ3v) is 3.90. The van der Waals surface area contributed by atoms with Gasteiger partial charge in [0.1, 0.15) is 11.5 Å². The van der Waals surface area contributed by atoms with Crippen molar-refractivity contribution >= 4 is 29.5 Å². The van der Waals surface area contributed by atoms with Crippen molar-refractivity contribution in [3.05, 3.63) is 64.7 Å². The highest BCUT2D eigenvalue weighted by molar-refractivity contribution is 6.30. The van der Waals surface area contributed by atoms with Gasteiger partial charge in [-0.05, 0) is 48.5 Å². The third kappa shape index (κ3) is 6.34. The van der Waals surface area contributed by atoms with Gasteiger partial charge in [-0.2, -0.15) is 0 Å². The Balaban J connectivity index is 1.77. The number of methoxy groups -OCH3 is 2. The zero-order valence-corrected chi connectivity index (χ0v) is 15.9. The fourth-order valence-electron chi connectivity index (χ4n) is 2.27. The largest absolute Gasteiger partial charge is 0.497 e. The van der Waals surface area contributed by atoms with E-state index >= 15 is 0 Å². The molecule has 0 aromatic heterocycles. The molecule has 0 unspecified atom stereocenters. The van der Waals surface area contributed by atoms with Crippen LogP contribution in [0.2, 0.25) is 5.02 Å². The van der Waals surface area contributed by atoms with E-state index in [2.05, 4.69) is 10.6 Å². The standard InChI is InChI=1S/C20H21ClN2O4/c1-26-17-7-3-14(4-8-17)20(25)23-12-11-22-19(24)10-5-15-13-16(21)6-9-18(15)27-2/h3-10,13H,11-12H2,1-2H3,(H,22,24)(H,23,25)/b10-5+. The average Bonchev–Trinajstić information content (AvgIpc) is 2.69. The Kier molecular flexibility index (Phi) is 7.70. The van der Waals surface area contributed by atoms with Crippen LogP contribution in [-0.2, 0) is 4.79 Å². The molecule has 0 radical (unpaired) electrons. The number of ether oxygens (including phenoxy) is 2. The predicted molar refractivity (Wildman–Crippen MR) is 105 cm³/mol. The van der Waals surface area contributed by atoms with Crippen LogP contribution in [0, 0.1) is 0 Å². The Labute approximate surface area is 163 Å². The van der Waals surface area contributed by atoms with Crippen molar-refractivity contribution in [2.45, 2.75) is 0 Å². The zero-order chi connectivity index (χ0) is 19.6. The lowest BCUT2D eigenvalue weighted by Gasteiger charge is -2.07. The second-order valence-corrected chi connectivity index (χ2v) is 5.93. The first-order valence-electron chi connectivity index (χ1n) is 8.25. The smallest absolute Gasteiger partial charge is 0.251 e. The van der Waals surface area contributed by atoms with E-state index in [4.69, 9.17) is 21.1 Å². The number of halogens is 1. The van der Waals surface area contributed by atoms with E-state index < -0.39 is 0 Å². The Morgan fingerprint density at radius 2 is 1.70 bits per heavy atom. The lowest BCUT2D eigenvalue weighted by molar-refractivity contribution is -0.116. The van der Waals surface area contributed by atoms with Crippen LogP contribution in [-0.4, -0.2) is 39.1 Å². The summed E-state index contributed by atoms with van der Waals surface area (Å²) in [6.45, 7) is 0.614. The molecule has 0 atom stereocenters. The monoisotopic (exact) mass is 388 g/mol. The van der Waals surface area contributed by atoms with Crippen LogP contribution in [0.3, 0.4) is 0 Å². The molecule has 0 spiro atoms. The number of hydrogen-bond acceptors (Lipinski definition) is 4. The van der Waals surface area contributed by atoms with Gasteiger partial charge in [-0.25, -0.2) is 0 Å². The molecule has 27 heavy (non-hydrogen) atoms. The summed E-state index contributed by atoms with van der Waals surface area (Å²) in [5, 5.41) is 5.98. The highest BCUT2D eigenvalue weighted by Gasteiger charge is 2.05. The maximum atomic E-state index is 12.0. The number of carbonyl (C=O) groups excluding carboxylic acids is 2. The molecule has 2 rings (SSSR count). The van der Waals surface area contributed by atoms with Gasteiger partial charge in [-0.3, -0.25) is 9.59 Å². The molecule has 2 aromatic rings. The molecule has 0 aliphatic heterocycles. The molecule has 0 aliphatic rings. The minimum Gasteiger partial charge on any atom is -0.497 e. The molecule has 0 bridgehead atoms. The van der Waals surface area contributed by atoms with E-state index in [0.29, 0.717) is 40.7 Å². The molecule has 0 heterocycles. The summed E-state index contributed by atoms with van der Waals surface area (Å²) in [6.07, 6.45) is 3.01. The van der Waals surface area contributed by atoms with E-state index in [1.807, 2.05) is 0 Å². The fourth-order valence-corrected chi connectivity index (χ4v) is 2.45. The molecule has 0 aliphatic carbocycles. The average molecular weight is 389 g/mol. The second-order valence-electron chi connectivity index (χ2n) is 5.50. The molecule has 2 amide bonds. The van der Waals surface area contributed by atoms with Crippen LogP contribution >= 0.6 is 11.6 Å². The highest BCUT2D eigenvalue weighted by atomic mass is 35.5. The fraction of sp³-hybridized carbons (Fsp3) is 0.200. The summed E-state index contributed by atoms with van der Waals surface area (Å²) >= 11 is 5.95. The molecule has 0 saturated carbocycles. The molecule has 0 fully saturated rings. The van der Waals surface area contributed by atoms with E-state index in [1.54, 1.807) is 62.8 Å². The van der Waals surface area contributed by atoms with Gasteiger partial charge >= 0.3 is 0 Å². The summed E-state index contributed by atoms with van der Waals surface area (Å²) in [5.74, 6) is 0.805. The van der Waals surface area contributed by atoms with E-state index in [-0.39, 0.29) is 11.8 Å². The normalized spacial score (nSPS) is 10.5. The quantitative estimate of drug-likeness (QED) is 0.538. The van der Waals surface area contributed by atoms with Crippen LogP contribution in [0.15, 0.2) is 48.5 Å². The van der Waals surface area contributed by atoms with Gasteiger partial charge in [0.2, 0.25) is 5.91 Å². The first-order chi connectivity index (χ1) is 13.0. The molecular weight excluding hydrogens is 368 g/mol. The second kappa shape index (κ2) is 10.2. The Morgan fingerprint density at radius 1 is 1.00 bits per heavy atom. The van der Waals surface area contributed by atoms with E-state index in [0.717, 1.165) is 0 Å². The first-order valence-corrected chi connectivity index (χ1v) is 8.63.